The first-order valence-corrected chi connectivity index (χ1v) is 8.81. The number of nitrogens with one attached hydrogen (secondary N) is 3. The number of nitrogens with zero attached hydrogens (tertiary/aromatic N) is 2. The molecule has 12 heteroatoms. The largest absolute Gasteiger partial charge is 0.467 e. The molecule has 0 saturated heterocycles. The van der Waals surface area contributed by atoms with Gasteiger partial charge in [-0.3, -0.25) is 9.59 Å². The Morgan fingerprint density at radius 2 is 2.04 bits per heavy atom. The second-order valence-electron chi connectivity index (χ2n) is 5.88. The molecule has 1 heterocycles. The molecular weight excluding hydrogens is 374 g/mol. The molecule has 12 nitrogen and oxygen atoms in total. The number of rotatable bonds is 14. The maximum Gasteiger partial charge on any atom is 0.328 e. The third kappa shape index (κ3) is 10.1. The summed E-state index contributed by atoms with van der Waals surface area (Å²) in [4.78, 5) is 56.4. The molecule has 3 N–H and O–H groups in total. The predicted molar refractivity (Wildman–Crippen MR) is 95.3 cm³/mol. The average Bonchev–Trinajstić information content (AvgIpc) is 3.16. The Kier molecular flexibility index (Phi) is 10.7. The highest BCUT2D eigenvalue weighted by Gasteiger charge is 2.22. The molecule has 0 aromatic carbocycles. The van der Waals surface area contributed by atoms with Gasteiger partial charge in [0.15, 0.2) is 0 Å². The lowest BCUT2D eigenvalue weighted by Gasteiger charge is -2.15. The third-order valence-corrected chi connectivity index (χ3v) is 3.71. The Morgan fingerprint density at radius 1 is 1.25 bits per heavy atom. The lowest BCUT2D eigenvalue weighted by atomic mass is 10.1. The number of methoxy groups -OCH3 is 1. The first kappa shape index (κ1) is 22.9. The van der Waals surface area contributed by atoms with Crippen molar-refractivity contribution in [3.8, 4) is 0 Å². The van der Waals surface area contributed by atoms with Crippen LogP contribution in [0.3, 0.4) is 0 Å². The molecule has 0 aliphatic rings. The molecule has 1 rings (SSSR count). The molecule has 28 heavy (non-hydrogen) atoms. The van der Waals surface area contributed by atoms with Crippen LogP contribution in [0.15, 0.2) is 12.5 Å². The Hall–Kier alpha value is -3.18. The molecular formula is C16H25N5O7. The van der Waals surface area contributed by atoms with Gasteiger partial charge in [0.2, 0.25) is 11.8 Å². The average molecular weight is 399 g/mol. The minimum Gasteiger partial charge on any atom is -0.467 e. The molecule has 0 spiro atoms. The molecule has 0 fully saturated rings. The summed E-state index contributed by atoms with van der Waals surface area (Å²) >= 11 is 0. The zero-order valence-corrected chi connectivity index (χ0v) is 15.6. The number of aromatic nitrogens is 2. The van der Waals surface area contributed by atoms with Gasteiger partial charge in [-0.1, -0.05) is 6.42 Å². The minimum atomic E-state index is -0.863. The van der Waals surface area contributed by atoms with E-state index in [0.29, 0.717) is 25.0 Å². The molecule has 1 unspecified atom stereocenters. The number of esters is 1. The molecule has 1 aromatic heterocycles. The van der Waals surface area contributed by atoms with Gasteiger partial charge in [-0.05, 0) is 12.8 Å². The zero-order valence-electron chi connectivity index (χ0n) is 15.6. The van der Waals surface area contributed by atoms with E-state index in [2.05, 4.69) is 30.2 Å². The third-order valence-electron chi connectivity index (χ3n) is 3.71. The van der Waals surface area contributed by atoms with Crippen LogP contribution in [0.2, 0.25) is 0 Å². The molecule has 0 bridgehead atoms. The molecule has 2 amide bonds. The summed E-state index contributed by atoms with van der Waals surface area (Å²) in [5.74, 6) is -1.20. The normalized spacial score (nSPS) is 11.3. The van der Waals surface area contributed by atoms with E-state index >= 15 is 0 Å². The molecule has 1 aromatic rings. The monoisotopic (exact) mass is 399 g/mol. The molecule has 0 saturated carbocycles. The topological polar surface area (TPSA) is 166 Å². The fourth-order valence-corrected chi connectivity index (χ4v) is 2.32. The van der Waals surface area contributed by atoms with Gasteiger partial charge in [-0.15, -0.1) is 10.1 Å². The molecule has 0 radical (unpaired) electrons. The predicted octanol–water partition coefficient (Wildman–Crippen LogP) is -0.115. The number of carbonyl (C=O) groups is 3. The van der Waals surface area contributed by atoms with Crippen LogP contribution >= 0.6 is 0 Å². The van der Waals surface area contributed by atoms with Gasteiger partial charge in [-0.2, -0.15) is 0 Å². The van der Waals surface area contributed by atoms with Crippen molar-refractivity contribution in [2.24, 2.45) is 0 Å². The van der Waals surface area contributed by atoms with E-state index in [-0.39, 0.29) is 38.3 Å². The number of ether oxygens (including phenoxy) is 1. The quantitative estimate of drug-likeness (QED) is 0.169. The number of hydrogen-bond donors (Lipinski definition) is 3. The van der Waals surface area contributed by atoms with Crippen molar-refractivity contribution in [2.75, 3.05) is 20.3 Å². The van der Waals surface area contributed by atoms with Crippen molar-refractivity contribution in [2.45, 2.75) is 44.6 Å². The summed E-state index contributed by atoms with van der Waals surface area (Å²) in [6.45, 7) is 0.139. The maximum atomic E-state index is 12.0. The molecule has 1 atom stereocenters. The summed E-state index contributed by atoms with van der Waals surface area (Å²) in [6.07, 6.45) is 5.21. The summed E-state index contributed by atoms with van der Waals surface area (Å²) < 4.78 is 4.68. The Balaban J connectivity index is 2.20. The van der Waals surface area contributed by atoms with E-state index < -0.39 is 23.0 Å². The van der Waals surface area contributed by atoms with Crippen LogP contribution in [-0.2, 0) is 30.4 Å². The Labute approximate surface area is 161 Å². The Morgan fingerprint density at radius 3 is 2.68 bits per heavy atom. The fraction of sp³-hybridized carbons (Fsp3) is 0.625. The van der Waals surface area contributed by atoms with Gasteiger partial charge in [0.05, 0.1) is 25.7 Å². The van der Waals surface area contributed by atoms with Crippen molar-refractivity contribution in [3.63, 3.8) is 0 Å². The first-order chi connectivity index (χ1) is 13.4. The second-order valence-corrected chi connectivity index (χ2v) is 5.88. The van der Waals surface area contributed by atoms with Crippen molar-refractivity contribution >= 4 is 17.8 Å². The van der Waals surface area contributed by atoms with Crippen LogP contribution in [0.1, 0.15) is 37.8 Å². The summed E-state index contributed by atoms with van der Waals surface area (Å²) in [6, 6.07) is -0.863. The molecule has 0 aliphatic heterocycles. The van der Waals surface area contributed by atoms with Crippen molar-refractivity contribution in [1.29, 1.82) is 0 Å². The van der Waals surface area contributed by atoms with Crippen molar-refractivity contribution in [1.82, 2.24) is 20.6 Å². The van der Waals surface area contributed by atoms with Crippen molar-refractivity contribution in [3.05, 3.63) is 28.3 Å². The van der Waals surface area contributed by atoms with E-state index in [4.69, 9.17) is 0 Å². The van der Waals surface area contributed by atoms with E-state index in [1.54, 1.807) is 6.20 Å². The zero-order chi connectivity index (χ0) is 20.8. The second kappa shape index (κ2) is 13.1. The minimum absolute atomic E-state index is 0.00836. The highest BCUT2D eigenvalue weighted by Crippen LogP contribution is 2.02. The van der Waals surface area contributed by atoms with E-state index in [1.165, 1.54) is 13.4 Å². The molecule has 156 valence electrons. The number of amides is 2. The molecule has 0 aliphatic carbocycles. The van der Waals surface area contributed by atoms with Crippen LogP contribution in [0.25, 0.3) is 0 Å². The lowest BCUT2D eigenvalue weighted by molar-refractivity contribution is -0.757. The van der Waals surface area contributed by atoms with Gasteiger partial charge in [-0.25, -0.2) is 9.78 Å². The van der Waals surface area contributed by atoms with Gasteiger partial charge in [0, 0.05) is 32.0 Å². The number of carbonyl (C=O) groups excluding carboxylic acids is 3. The first-order valence-electron chi connectivity index (χ1n) is 8.81. The summed E-state index contributed by atoms with van der Waals surface area (Å²) in [7, 11) is 1.23. The van der Waals surface area contributed by atoms with Gasteiger partial charge in [0.1, 0.15) is 6.04 Å². The highest BCUT2D eigenvalue weighted by molar-refractivity contribution is 5.85. The van der Waals surface area contributed by atoms with Gasteiger partial charge in [0.25, 0.3) is 5.09 Å². The SMILES string of the molecule is COC(=O)C(Cc1c[nH]cn1)NC(=O)CCNC(=O)CCCCCO[N+](=O)[O-]. The van der Waals surface area contributed by atoms with E-state index in [9.17, 15) is 24.5 Å². The van der Waals surface area contributed by atoms with Gasteiger partial charge < -0.3 is 25.2 Å². The summed E-state index contributed by atoms with van der Waals surface area (Å²) in [5.41, 5.74) is 0.604. The van der Waals surface area contributed by atoms with Crippen LogP contribution < -0.4 is 10.6 Å². The van der Waals surface area contributed by atoms with E-state index in [0.717, 1.165) is 0 Å². The maximum absolute atomic E-state index is 12.0. The van der Waals surface area contributed by atoms with Crippen LogP contribution in [-0.4, -0.2) is 59.1 Å². The van der Waals surface area contributed by atoms with Crippen molar-refractivity contribution < 1.29 is 29.0 Å². The number of imidazole rings is 1. The van der Waals surface area contributed by atoms with Crippen LogP contribution in [0, 0.1) is 10.1 Å². The van der Waals surface area contributed by atoms with Crippen LogP contribution in [0.5, 0.6) is 0 Å². The smallest absolute Gasteiger partial charge is 0.328 e. The summed E-state index contributed by atoms with van der Waals surface area (Å²) in [5, 5.41) is 14.3. The van der Waals surface area contributed by atoms with Gasteiger partial charge >= 0.3 is 5.97 Å². The highest BCUT2D eigenvalue weighted by atomic mass is 16.9. The van der Waals surface area contributed by atoms with Crippen LogP contribution in [0.4, 0.5) is 0 Å². The lowest BCUT2D eigenvalue weighted by Crippen LogP contribution is -2.44. The fourth-order valence-electron chi connectivity index (χ4n) is 2.32. The number of aromatic amines is 1. The van der Waals surface area contributed by atoms with E-state index in [1.807, 2.05) is 0 Å². The Bertz CT molecular complexity index is 635. The number of hydrogen-bond acceptors (Lipinski definition) is 8. The number of H-pyrrole nitrogens is 1. The standard InChI is InChI=1S/C16H25N5O7/c1-27-16(24)13(9-12-10-17-11-19-12)20-15(23)6-7-18-14(22)5-3-2-4-8-28-21(25)26/h10-11,13H,2-9H2,1H3,(H,17,19)(H,18,22)(H,20,23). The number of unbranched alkanes of at least 4 members (excludes halogenated alkanes) is 2.